The lowest BCUT2D eigenvalue weighted by Gasteiger charge is -1.91. The maximum absolute atomic E-state index is 11.0. The minimum Gasteiger partial charge on any atom is -0.318 e. The second kappa shape index (κ2) is 1.92. The Bertz CT molecular complexity index is 344. The number of para-hydroxylation sites is 1. The van der Waals surface area contributed by atoms with Crippen LogP contribution in [-0.4, -0.2) is 11.7 Å². The smallest absolute Gasteiger partial charge is 0.296 e. The number of ketones is 1. The maximum Gasteiger partial charge on any atom is 0.296 e. The molecule has 3 heteroatoms. The van der Waals surface area contributed by atoms with Crippen LogP contribution in [0.3, 0.4) is 0 Å². The van der Waals surface area contributed by atoms with Crippen LogP contribution in [0.5, 0.6) is 0 Å². The van der Waals surface area contributed by atoms with Crippen molar-refractivity contribution in [1.82, 2.24) is 0 Å². The van der Waals surface area contributed by atoms with Crippen LogP contribution in [0.4, 0.5) is 5.69 Å². The average Bonchev–Trinajstić information content (AvgIpc) is 2.30. The van der Waals surface area contributed by atoms with Crippen LogP contribution >= 0.6 is 0 Å². The van der Waals surface area contributed by atoms with Gasteiger partial charge in [0.15, 0.2) is 0 Å². The zero-order valence-electron chi connectivity index (χ0n) is 5.63. The quantitative estimate of drug-likeness (QED) is 0.438. The maximum atomic E-state index is 11.0. The summed E-state index contributed by atoms with van der Waals surface area (Å²) in [4.78, 5) is 21.8. The van der Waals surface area contributed by atoms with Gasteiger partial charge in [-0.1, -0.05) is 12.1 Å². The molecule has 0 fully saturated rings. The predicted molar refractivity (Wildman–Crippen MR) is 39.4 cm³/mol. The highest BCUT2D eigenvalue weighted by Crippen LogP contribution is 2.21. The van der Waals surface area contributed by atoms with E-state index in [1.54, 1.807) is 24.3 Å². The van der Waals surface area contributed by atoms with Crippen LogP contribution in [0.1, 0.15) is 10.4 Å². The van der Waals surface area contributed by atoms with E-state index in [1.165, 1.54) is 0 Å². The lowest BCUT2D eigenvalue weighted by molar-refractivity contribution is -0.112. The summed E-state index contributed by atoms with van der Waals surface area (Å²) in [6, 6.07) is 6.85. The largest absolute Gasteiger partial charge is 0.318 e. The predicted octanol–water partition coefficient (Wildman–Crippen LogP) is 0.821. The van der Waals surface area contributed by atoms with Crippen LogP contribution in [0.25, 0.3) is 0 Å². The Morgan fingerprint density at radius 2 is 2.00 bits per heavy atom. The summed E-state index contributed by atoms with van der Waals surface area (Å²) >= 11 is 0. The van der Waals surface area contributed by atoms with Gasteiger partial charge in [-0.2, -0.15) is 0 Å². The SMILES string of the molecule is O=C1Nc2ccccc2C1=[18O]. The van der Waals surface area contributed by atoms with E-state index in [4.69, 9.17) is 0 Å². The van der Waals surface area contributed by atoms with E-state index >= 15 is 0 Å². The summed E-state index contributed by atoms with van der Waals surface area (Å²) in [5, 5.41) is 2.46. The molecule has 0 unspecified atom stereocenters. The third-order valence-corrected chi connectivity index (χ3v) is 1.63. The third kappa shape index (κ3) is 0.741. The van der Waals surface area contributed by atoms with Gasteiger partial charge in [0.1, 0.15) is 0 Å². The van der Waals surface area contributed by atoms with Crippen molar-refractivity contribution in [1.29, 1.82) is 0 Å². The number of hydrogen-bond acceptors (Lipinski definition) is 2. The molecule has 1 aliphatic heterocycles. The fourth-order valence-electron chi connectivity index (χ4n) is 1.09. The molecule has 1 N–H and O–H groups in total. The summed E-state index contributed by atoms with van der Waals surface area (Å²) < 4.78 is 0. The van der Waals surface area contributed by atoms with Gasteiger partial charge in [-0.15, -0.1) is 0 Å². The number of hydrogen-bond donors (Lipinski definition) is 1. The van der Waals surface area contributed by atoms with Crippen molar-refractivity contribution in [2.75, 3.05) is 5.32 Å². The van der Waals surface area contributed by atoms with Gasteiger partial charge in [0.2, 0.25) is 0 Å². The first-order valence-corrected chi connectivity index (χ1v) is 3.24. The minimum atomic E-state index is -0.536. The molecule has 54 valence electrons. The van der Waals surface area contributed by atoms with Crippen LogP contribution in [0, 0.1) is 0 Å². The normalized spacial score (nSPS) is 14.5. The highest BCUT2D eigenvalue weighted by Gasteiger charge is 2.26. The van der Waals surface area contributed by atoms with Crippen LogP contribution in [0.2, 0.25) is 0 Å². The summed E-state index contributed by atoms with van der Waals surface area (Å²) in [5.41, 5.74) is 1.08. The van der Waals surface area contributed by atoms with Crippen LogP contribution in [-0.2, 0) is 4.79 Å². The molecule has 0 saturated carbocycles. The molecule has 1 aromatic rings. The van der Waals surface area contributed by atoms with E-state index in [0.717, 1.165) is 0 Å². The Morgan fingerprint density at radius 3 is 2.73 bits per heavy atom. The van der Waals surface area contributed by atoms with Crippen molar-refractivity contribution in [3.63, 3.8) is 0 Å². The van der Waals surface area contributed by atoms with Gasteiger partial charge in [-0.3, -0.25) is 9.59 Å². The van der Waals surface area contributed by atoms with Gasteiger partial charge >= 0.3 is 0 Å². The van der Waals surface area contributed by atoms with Crippen LogP contribution < -0.4 is 5.32 Å². The highest BCUT2D eigenvalue weighted by atomic mass is 18.1. The molecule has 3 nitrogen and oxygen atoms in total. The number of nitrogens with one attached hydrogen (secondary N) is 1. The molecule has 0 aliphatic carbocycles. The second-order valence-electron chi connectivity index (χ2n) is 2.33. The lowest BCUT2D eigenvalue weighted by atomic mass is 10.1. The fraction of sp³-hybridized carbons (Fsp3) is 0. The number of carbonyl (C=O) groups excluding carboxylic acids is 2. The molecule has 0 bridgehead atoms. The summed E-state index contributed by atoms with van der Waals surface area (Å²) in [6.07, 6.45) is 0. The lowest BCUT2D eigenvalue weighted by Crippen LogP contribution is -2.12. The van der Waals surface area contributed by atoms with Gasteiger partial charge in [0.25, 0.3) is 11.7 Å². The Labute approximate surface area is 63.0 Å². The van der Waals surface area contributed by atoms with E-state index in [0.29, 0.717) is 11.3 Å². The molecule has 0 radical (unpaired) electrons. The molecule has 1 heterocycles. The van der Waals surface area contributed by atoms with E-state index in [9.17, 15) is 9.59 Å². The number of benzene rings is 1. The van der Waals surface area contributed by atoms with Gasteiger partial charge in [-0.05, 0) is 12.1 Å². The van der Waals surface area contributed by atoms with Gasteiger partial charge in [0.05, 0.1) is 11.3 Å². The van der Waals surface area contributed by atoms with Crippen molar-refractivity contribution in [3.05, 3.63) is 29.8 Å². The number of rotatable bonds is 0. The second-order valence-corrected chi connectivity index (χ2v) is 2.33. The van der Waals surface area contributed by atoms with E-state index in [-0.39, 0.29) is 0 Å². The van der Waals surface area contributed by atoms with Crippen molar-refractivity contribution in [2.24, 2.45) is 0 Å². The Hall–Kier alpha value is -1.64. The van der Waals surface area contributed by atoms with E-state index < -0.39 is 11.7 Å². The Balaban J connectivity index is 2.64. The molecule has 0 aromatic heterocycles. The first kappa shape index (κ1) is 6.09. The van der Waals surface area contributed by atoms with Gasteiger partial charge < -0.3 is 5.32 Å². The van der Waals surface area contributed by atoms with E-state index in [1.807, 2.05) is 0 Å². The molecular formula is C8H5NO2. The van der Waals surface area contributed by atoms with Crippen molar-refractivity contribution < 1.29 is 9.59 Å². The molecule has 0 spiro atoms. The third-order valence-electron chi connectivity index (χ3n) is 1.63. The monoisotopic (exact) mass is 149 g/mol. The number of Topliss-reactive ketones (excluding diaryl/α,β-unsaturated/α-hetero) is 1. The molecule has 1 aliphatic rings. The first-order chi connectivity index (χ1) is 5.29. The molecule has 1 amide bonds. The standard InChI is InChI=1S/C8H5NO2/c10-7-5-3-1-2-4-6(5)9-8(7)11/h1-4H,(H,9,10,11)/i10+2. The highest BCUT2D eigenvalue weighted by molar-refractivity contribution is 6.51. The number of carbonyl (C=O) groups is 2. The van der Waals surface area contributed by atoms with Gasteiger partial charge in [0, 0.05) is 0 Å². The number of fused-ring (bicyclic) bond motifs is 1. The molecule has 2 rings (SSSR count). The Kier molecular flexibility index (Phi) is 1.06. The molecule has 0 saturated heterocycles. The molecule has 0 atom stereocenters. The van der Waals surface area contributed by atoms with Crippen molar-refractivity contribution >= 4 is 17.4 Å². The number of amides is 1. The topological polar surface area (TPSA) is 46.2 Å². The van der Waals surface area contributed by atoms with Crippen molar-refractivity contribution in [3.8, 4) is 0 Å². The average molecular weight is 149 g/mol. The fourth-order valence-corrected chi connectivity index (χ4v) is 1.09. The summed E-state index contributed by atoms with van der Waals surface area (Å²) in [5.74, 6) is -0.980. The van der Waals surface area contributed by atoms with Crippen molar-refractivity contribution in [2.45, 2.75) is 0 Å². The zero-order valence-corrected chi connectivity index (χ0v) is 5.63. The minimum absolute atomic E-state index is 0.444. The Morgan fingerprint density at radius 1 is 1.27 bits per heavy atom. The molecule has 11 heavy (non-hydrogen) atoms. The van der Waals surface area contributed by atoms with E-state index in [2.05, 4.69) is 5.32 Å². The first-order valence-electron chi connectivity index (χ1n) is 3.24. The summed E-state index contributed by atoms with van der Waals surface area (Å²) in [7, 11) is 0. The molecular weight excluding hydrogens is 144 g/mol. The van der Waals surface area contributed by atoms with Gasteiger partial charge in [-0.25, -0.2) is 0 Å². The number of anilines is 1. The molecule has 1 aromatic carbocycles. The van der Waals surface area contributed by atoms with Crippen LogP contribution in [0.15, 0.2) is 24.3 Å². The summed E-state index contributed by atoms with van der Waals surface area (Å²) in [6.45, 7) is 0. The zero-order chi connectivity index (χ0) is 7.84.